The zero-order valence-corrected chi connectivity index (χ0v) is 12.3. The SMILES string of the molecule is CC/C=C(C=N)/C=C/c1cc(-c2ccccc2O)nnc1N. The van der Waals surface area contributed by atoms with Crippen LogP contribution in [0.4, 0.5) is 5.82 Å². The van der Waals surface area contributed by atoms with Gasteiger partial charge in [-0.05, 0) is 30.2 Å². The Morgan fingerprint density at radius 2 is 2.09 bits per heavy atom. The Hall–Kier alpha value is -2.95. The van der Waals surface area contributed by atoms with Crippen LogP contribution in [0.15, 0.2) is 48.1 Å². The van der Waals surface area contributed by atoms with Crippen molar-refractivity contribution in [1.29, 1.82) is 5.41 Å². The van der Waals surface area contributed by atoms with E-state index >= 15 is 0 Å². The number of nitrogens with zero attached hydrogens (tertiary/aromatic N) is 2. The first-order valence-corrected chi connectivity index (χ1v) is 6.96. The predicted octanol–water partition coefficient (Wildman–Crippen LogP) is 3.43. The molecule has 0 fully saturated rings. The molecule has 0 bridgehead atoms. The van der Waals surface area contributed by atoms with E-state index in [0.717, 1.165) is 12.0 Å². The van der Waals surface area contributed by atoms with Gasteiger partial charge in [0.15, 0.2) is 5.82 Å². The highest BCUT2D eigenvalue weighted by atomic mass is 16.3. The summed E-state index contributed by atoms with van der Waals surface area (Å²) in [4.78, 5) is 0. The fraction of sp³-hybridized carbons (Fsp3) is 0.118. The molecule has 0 saturated carbocycles. The predicted molar refractivity (Wildman–Crippen MR) is 89.7 cm³/mol. The Bertz CT molecular complexity index is 735. The molecule has 0 atom stereocenters. The third-order valence-corrected chi connectivity index (χ3v) is 3.10. The number of phenols is 1. The molecule has 2 aromatic rings. The summed E-state index contributed by atoms with van der Waals surface area (Å²) in [6, 6.07) is 8.69. The van der Waals surface area contributed by atoms with Gasteiger partial charge in [0, 0.05) is 17.3 Å². The molecule has 1 heterocycles. The zero-order valence-electron chi connectivity index (χ0n) is 12.3. The fourth-order valence-corrected chi connectivity index (χ4v) is 1.97. The summed E-state index contributed by atoms with van der Waals surface area (Å²) in [5, 5.41) is 25.2. The van der Waals surface area contributed by atoms with Crippen molar-refractivity contribution in [1.82, 2.24) is 10.2 Å². The van der Waals surface area contributed by atoms with Gasteiger partial charge in [0.1, 0.15) is 5.75 Å². The van der Waals surface area contributed by atoms with E-state index in [-0.39, 0.29) is 5.75 Å². The Morgan fingerprint density at radius 3 is 2.77 bits per heavy atom. The number of allylic oxidation sites excluding steroid dienone is 3. The number of phenolic OH excluding ortho intramolecular Hbond substituents is 1. The molecule has 0 unspecified atom stereocenters. The number of hydrogen-bond donors (Lipinski definition) is 3. The smallest absolute Gasteiger partial charge is 0.153 e. The van der Waals surface area contributed by atoms with Crippen molar-refractivity contribution >= 4 is 18.1 Å². The van der Waals surface area contributed by atoms with Crippen LogP contribution in [0.3, 0.4) is 0 Å². The Balaban J connectivity index is 2.40. The van der Waals surface area contributed by atoms with Gasteiger partial charge in [0.05, 0.1) is 5.69 Å². The summed E-state index contributed by atoms with van der Waals surface area (Å²) < 4.78 is 0. The molecule has 0 aliphatic rings. The maximum Gasteiger partial charge on any atom is 0.153 e. The minimum absolute atomic E-state index is 0.141. The van der Waals surface area contributed by atoms with Crippen LogP contribution < -0.4 is 5.73 Å². The number of nitrogens with one attached hydrogen (secondary N) is 1. The number of aromatic nitrogens is 2. The minimum atomic E-state index is 0.141. The van der Waals surface area contributed by atoms with Crippen LogP contribution in [0, 0.1) is 5.41 Å². The lowest BCUT2D eigenvalue weighted by molar-refractivity contribution is 0.477. The monoisotopic (exact) mass is 294 g/mol. The van der Waals surface area contributed by atoms with Gasteiger partial charge in [0.2, 0.25) is 0 Å². The molecule has 1 aromatic carbocycles. The van der Waals surface area contributed by atoms with Gasteiger partial charge in [-0.15, -0.1) is 10.2 Å². The van der Waals surface area contributed by atoms with E-state index in [1.54, 1.807) is 36.4 Å². The first-order valence-electron chi connectivity index (χ1n) is 6.96. The molecule has 0 aliphatic carbocycles. The highest BCUT2D eigenvalue weighted by Crippen LogP contribution is 2.28. The summed E-state index contributed by atoms with van der Waals surface area (Å²) in [5.74, 6) is 0.443. The molecule has 1 aromatic heterocycles. The maximum atomic E-state index is 9.89. The topological polar surface area (TPSA) is 95.9 Å². The van der Waals surface area contributed by atoms with Crippen molar-refractivity contribution in [2.75, 3.05) is 5.73 Å². The molecule has 0 aliphatic heterocycles. The first-order chi connectivity index (χ1) is 10.7. The molecular formula is C17H18N4O. The number of para-hydroxylation sites is 1. The lowest BCUT2D eigenvalue weighted by atomic mass is 10.1. The summed E-state index contributed by atoms with van der Waals surface area (Å²) in [7, 11) is 0. The van der Waals surface area contributed by atoms with E-state index in [1.165, 1.54) is 6.21 Å². The van der Waals surface area contributed by atoms with Crippen molar-refractivity contribution in [2.24, 2.45) is 0 Å². The second kappa shape index (κ2) is 7.17. The van der Waals surface area contributed by atoms with Crippen LogP contribution >= 0.6 is 0 Å². The Labute approximate surface area is 129 Å². The zero-order chi connectivity index (χ0) is 15.9. The normalized spacial score (nSPS) is 11.8. The molecular weight excluding hydrogens is 276 g/mol. The Kier molecular flexibility index (Phi) is 5.03. The molecule has 5 heteroatoms. The molecule has 5 nitrogen and oxygen atoms in total. The quantitative estimate of drug-likeness (QED) is 0.581. The largest absolute Gasteiger partial charge is 0.507 e. The van der Waals surface area contributed by atoms with E-state index in [2.05, 4.69) is 10.2 Å². The molecule has 4 N–H and O–H groups in total. The van der Waals surface area contributed by atoms with Crippen molar-refractivity contribution < 1.29 is 5.11 Å². The number of benzene rings is 1. The van der Waals surface area contributed by atoms with Gasteiger partial charge in [-0.3, -0.25) is 0 Å². The van der Waals surface area contributed by atoms with Gasteiger partial charge >= 0.3 is 0 Å². The van der Waals surface area contributed by atoms with E-state index in [1.807, 2.05) is 19.1 Å². The maximum absolute atomic E-state index is 9.89. The average Bonchev–Trinajstić information content (AvgIpc) is 2.53. The molecule has 22 heavy (non-hydrogen) atoms. The molecule has 0 saturated heterocycles. The molecule has 0 radical (unpaired) electrons. The number of nitrogens with two attached hydrogens (primary N) is 1. The third-order valence-electron chi connectivity index (χ3n) is 3.10. The fourth-order valence-electron chi connectivity index (χ4n) is 1.97. The molecule has 0 amide bonds. The van der Waals surface area contributed by atoms with Crippen LogP contribution in [0.5, 0.6) is 5.75 Å². The highest BCUT2D eigenvalue weighted by Gasteiger charge is 2.08. The van der Waals surface area contributed by atoms with Crippen LogP contribution in [0.2, 0.25) is 0 Å². The number of nitrogen functional groups attached to an aromatic ring is 1. The van der Waals surface area contributed by atoms with Crippen molar-refractivity contribution in [3.05, 3.63) is 53.6 Å². The van der Waals surface area contributed by atoms with Gasteiger partial charge in [0.25, 0.3) is 0 Å². The second-order valence-electron chi connectivity index (χ2n) is 4.68. The van der Waals surface area contributed by atoms with Gasteiger partial charge in [-0.2, -0.15) is 0 Å². The third kappa shape index (κ3) is 3.58. The number of rotatable bonds is 5. The number of hydrogen-bond acceptors (Lipinski definition) is 5. The van der Waals surface area contributed by atoms with Crippen LogP contribution in [0.25, 0.3) is 17.3 Å². The van der Waals surface area contributed by atoms with E-state index < -0.39 is 0 Å². The van der Waals surface area contributed by atoms with Crippen molar-refractivity contribution in [3.8, 4) is 17.0 Å². The van der Waals surface area contributed by atoms with Crippen LogP contribution in [-0.2, 0) is 0 Å². The lowest BCUT2D eigenvalue weighted by Crippen LogP contribution is -1.98. The van der Waals surface area contributed by atoms with Crippen LogP contribution in [0.1, 0.15) is 18.9 Å². The second-order valence-corrected chi connectivity index (χ2v) is 4.68. The molecule has 112 valence electrons. The standard InChI is InChI=1S/C17H18N4O/c1-2-5-12(11-18)8-9-13-10-15(20-21-17(13)19)14-6-3-4-7-16(14)22/h3-11,18,22H,2H2,1H3,(H2,19,21)/b9-8+,12-5-,18-11?. The first kappa shape index (κ1) is 15.4. The van der Waals surface area contributed by atoms with Crippen molar-refractivity contribution in [3.63, 3.8) is 0 Å². The van der Waals surface area contributed by atoms with E-state index in [9.17, 15) is 5.11 Å². The minimum Gasteiger partial charge on any atom is -0.507 e. The summed E-state index contributed by atoms with van der Waals surface area (Å²) in [6.07, 6.45) is 7.67. The average molecular weight is 294 g/mol. The highest BCUT2D eigenvalue weighted by molar-refractivity contribution is 5.83. The summed E-state index contributed by atoms with van der Waals surface area (Å²) in [6.45, 7) is 2.01. The summed E-state index contributed by atoms with van der Waals surface area (Å²) >= 11 is 0. The van der Waals surface area contributed by atoms with Gasteiger partial charge < -0.3 is 16.2 Å². The molecule has 0 spiro atoms. The van der Waals surface area contributed by atoms with Crippen molar-refractivity contribution in [2.45, 2.75) is 13.3 Å². The van der Waals surface area contributed by atoms with Crippen LogP contribution in [-0.4, -0.2) is 21.5 Å². The van der Waals surface area contributed by atoms with E-state index in [4.69, 9.17) is 11.1 Å². The van der Waals surface area contributed by atoms with E-state index in [0.29, 0.717) is 22.6 Å². The van der Waals surface area contributed by atoms with Gasteiger partial charge in [-0.1, -0.05) is 37.3 Å². The lowest BCUT2D eigenvalue weighted by Gasteiger charge is -2.05. The Morgan fingerprint density at radius 1 is 1.32 bits per heavy atom. The van der Waals surface area contributed by atoms with Gasteiger partial charge in [-0.25, -0.2) is 0 Å². The number of anilines is 1. The molecule has 2 rings (SSSR count). The number of aromatic hydroxyl groups is 1. The summed E-state index contributed by atoms with van der Waals surface area (Å²) in [5.41, 5.74) is 8.47.